The maximum absolute atomic E-state index is 12.3. The minimum absolute atomic E-state index is 0.0517. The van der Waals surface area contributed by atoms with Gasteiger partial charge in [-0.15, -0.1) is 0 Å². The van der Waals surface area contributed by atoms with Crippen LogP contribution in [0.25, 0.3) is 0 Å². The molecule has 3 rings (SSSR count). The van der Waals surface area contributed by atoms with Gasteiger partial charge in [0.2, 0.25) is 0 Å². The summed E-state index contributed by atoms with van der Waals surface area (Å²) in [5, 5.41) is 18.6. The van der Waals surface area contributed by atoms with E-state index >= 15 is 0 Å². The van der Waals surface area contributed by atoms with E-state index in [-0.39, 0.29) is 30.3 Å². The largest absolute Gasteiger partial charge is 0.479 e. The fourth-order valence-electron chi connectivity index (χ4n) is 2.59. The van der Waals surface area contributed by atoms with Crippen molar-refractivity contribution in [1.29, 1.82) is 0 Å². The van der Waals surface area contributed by atoms with E-state index in [0.717, 1.165) is 5.56 Å². The van der Waals surface area contributed by atoms with E-state index in [1.54, 1.807) is 29.9 Å². The summed E-state index contributed by atoms with van der Waals surface area (Å²) in [6.07, 6.45) is 1.69. The first-order valence-electron chi connectivity index (χ1n) is 8.84. The monoisotopic (exact) mass is 418 g/mol. The van der Waals surface area contributed by atoms with Crippen LogP contribution in [0.1, 0.15) is 34.5 Å². The number of furan rings is 1. The molecule has 0 fully saturated rings. The molecule has 0 atom stereocenters. The van der Waals surface area contributed by atoms with Gasteiger partial charge in [0.15, 0.2) is 11.5 Å². The van der Waals surface area contributed by atoms with Gasteiger partial charge in [-0.2, -0.15) is 5.10 Å². The predicted molar refractivity (Wildman–Crippen MR) is 105 cm³/mol. The lowest BCUT2D eigenvalue weighted by Crippen LogP contribution is -2.22. The number of rotatable bonds is 8. The van der Waals surface area contributed by atoms with Crippen molar-refractivity contribution in [3.05, 3.63) is 74.4 Å². The van der Waals surface area contributed by atoms with Gasteiger partial charge in [-0.3, -0.25) is 19.6 Å². The van der Waals surface area contributed by atoms with Gasteiger partial charge in [0.05, 0.1) is 16.5 Å². The molecule has 0 saturated carbocycles. The number of amides is 1. The van der Waals surface area contributed by atoms with Crippen molar-refractivity contribution < 1.29 is 18.9 Å². The molecule has 2 aromatic heterocycles. The van der Waals surface area contributed by atoms with Crippen LogP contribution in [0.15, 0.2) is 40.9 Å². The van der Waals surface area contributed by atoms with Crippen LogP contribution in [0.2, 0.25) is 5.02 Å². The minimum Gasteiger partial charge on any atom is -0.479 e. The maximum atomic E-state index is 12.3. The Balaban J connectivity index is 1.60. The fraction of sp³-hybridized carbons (Fsp3) is 0.263. The van der Waals surface area contributed by atoms with Crippen LogP contribution >= 0.6 is 11.6 Å². The first kappa shape index (κ1) is 20.4. The number of carbonyl (C=O) groups excluding carboxylic acids is 1. The molecule has 0 aliphatic heterocycles. The number of nitro groups is 1. The second-order valence-electron chi connectivity index (χ2n) is 6.25. The SMILES string of the molecule is CCn1cc(Cl)c(CNC(=O)c2ccc(COc3ccc(C)cc3[N+](=O)[O-])o2)n1. The van der Waals surface area contributed by atoms with Crippen LogP contribution in [0.4, 0.5) is 5.69 Å². The normalized spacial score (nSPS) is 10.7. The number of aryl methyl sites for hydroxylation is 2. The van der Waals surface area contributed by atoms with E-state index in [4.69, 9.17) is 20.8 Å². The molecule has 0 aliphatic rings. The van der Waals surface area contributed by atoms with Crippen LogP contribution in [-0.2, 0) is 19.7 Å². The molecule has 9 nitrogen and oxygen atoms in total. The number of aromatic nitrogens is 2. The number of hydrogen-bond acceptors (Lipinski definition) is 6. The van der Waals surface area contributed by atoms with E-state index in [1.165, 1.54) is 18.2 Å². The molecule has 0 aliphatic carbocycles. The molecular formula is C19H19ClN4O5. The van der Waals surface area contributed by atoms with Gasteiger partial charge in [-0.25, -0.2) is 0 Å². The molecule has 0 unspecified atom stereocenters. The van der Waals surface area contributed by atoms with E-state index in [0.29, 0.717) is 23.0 Å². The molecule has 1 aromatic carbocycles. The third-order valence-corrected chi connectivity index (χ3v) is 4.41. The van der Waals surface area contributed by atoms with Crippen LogP contribution in [0.5, 0.6) is 5.75 Å². The van der Waals surface area contributed by atoms with Crippen molar-refractivity contribution in [2.24, 2.45) is 0 Å². The van der Waals surface area contributed by atoms with Crippen LogP contribution in [0.3, 0.4) is 0 Å². The molecule has 1 amide bonds. The van der Waals surface area contributed by atoms with Crippen molar-refractivity contribution in [3.8, 4) is 5.75 Å². The van der Waals surface area contributed by atoms with E-state index in [2.05, 4.69) is 10.4 Å². The first-order valence-corrected chi connectivity index (χ1v) is 9.21. The number of carbonyl (C=O) groups is 1. The molecule has 3 aromatic rings. The molecular weight excluding hydrogens is 400 g/mol. The quantitative estimate of drug-likeness (QED) is 0.439. The van der Waals surface area contributed by atoms with Crippen molar-refractivity contribution in [2.45, 2.75) is 33.5 Å². The standard InChI is InChI=1S/C19H19ClN4O5/c1-3-23-10-14(20)15(22-23)9-21-19(25)18-7-5-13(29-18)11-28-17-6-4-12(2)8-16(17)24(26)27/h4-8,10H,3,9,11H2,1-2H3,(H,21,25). The number of nitrogens with one attached hydrogen (secondary N) is 1. The van der Waals surface area contributed by atoms with Crippen LogP contribution in [0, 0.1) is 17.0 Å². The van der Waals surface area contributed by atoms with Crippen molar-refractivity contribution in [2.75, 3.05) is 0 Å². The molecule has 0 bridgehead atoms. The molecule has 0 saturated heterocycles. The number of ether oxygens (including phenoxy) is 1. The minimum atomic E-state index is -0.506. The summed E-state index contributed by atoms with van der Waals surface area (Å²) in [5.74, 6) is 0.148. The maximum Gasteiger partial charge on any atom is 0.311 e. The van der Waals surface area contributed by atoms with Crippen molar-refractivity contribution in [1.82, 2.24) is 15.1 Å². The number of halogens is 1. The smallest absolute Gasteiger partial charge is 0.311 e. The lowest BCUT2D eigenvalue weighted by atomic mass is 10.2. The summed E-state index contributed by atoms with van der Waals surface area (Å²) in [4.78, 5) is 22.9. The second-order valence-corrected chi connectivity index (χ2v) is 6.65. The molecule has 10 heteroatoms. The summed E-state index contributed by atoms with van der Waals surface area (Å²) in [7, 11) is 0. The van der Waals surface area contributed by atoms with Gasteiger partial charge in [0.1, 0.15) is 18.1 Å². The first-order chi connectivity index (χ1) is 13.9. The highest BCUT2D eigenvalue weighted by Gasteiger charge is 2.17. The molecule has 29 heavy (non-hydrogen) atoms. The van der Waals surface area contributed by atoms with Gasteiger partial charge in [0, 0.05) is 18.8 Å². The number of nitro benzene ring substituents is 1. The highest BCUT2D eigenvalue weighted by atomic mass is 35.5. The third kappa shape index (κ3) is 4.94. The highest BCUT2D eigenvalue weighted by Crippen LogP contribution is 2.28. The Bertz CT molecular complexity index is 1040. The Hall–Kier alpha value is -3.33. The lowest BCUT2D eigenvalue weighted by Gasteiger charge is -2.06. The lowest BCUT2D eigenvalue weighted by molar-refractivity contribution is -0.386. The van der Waals surface area contributed by atoms with Crippen molar-refractivity contribution >= 4 is 23.2 Å². The molecule has 0 radical (unpaired) electrons. The summed E-state index contributed by atoms with van der Waals surface area (Å²) in [5.41, 5.74) is 1.19. The zero-order valence-corrected chi connectivity index (χ0v) is 16.6. The average Bonchev–Trinajstić information content (AvgIpc) is 3.31. The van der Waals surface area contributed by atoms with E-state index in [9.17, 15) is 14.9 Å². The number of nitrogens with zero attached hydrogens (tertiary/aromatic N) is 3. The van der Waals surface area contributed by atoms with Gasteiger partial charge in [0.25, 0.3) is 5.91 Å². The molecule has 2 heterocycles. The number of hydrogen-bond donors (Lipinski definition) is 1. The Morgan fingerprint density at radius 3 is 2.86 bits per heavy atom. The predicted octanol–water partition coefficient (Wildman–Crippen LogP) is 3.88. The summed E-state index contributed by atoms with van der Waals surface area (Å²) in [6, 6.07) is 7.76. The van der Waals surface area contributed by atoms with Crippen molar-refractivity contribution in [3.63, 3.8) is 0 Å². The summed E-state index contributed by atoms with van der Waals surface area (Å²) < 4.78 is 12.6. The van der Waals surface area contributed by atoms with Gasteiger partial charge < -0.3 is 14.5 Å². The molecule has 0 spiro atoms. The Kier molecular flexibility index (Phi) is 6.18. The van der Waals surface area contributed by atoms with Gasteiger partial charge in [-0.1, -0.05) is 17.7 Å². The van der Waals surface area contributed by atoms with Crippen LogP contribution in [-0.4, -0.2) is 20.6 Å². The van der Waals surface area contributed by atoms with E-state index in [1.807, 2.05) is 6.92 Å². The fourth-order valence-corrected chi connectivity index (χ4v) is 2.81. The van der Waals surface area contributed by atoms with Gasteiger partial charge in [-0.05, 0) is 37.6 Å². The zero-order chi connectivity index (χ0) is 21.0. The highest BCUT2D eigenvalue weighted by molar-refractivity contribution is 6.31. The molecule has 152 valence electrons. The Morgan fingerprint density at radius 1 is 1.38 bits per heavy atom. The van der Waals surface area contributed by atoms with Crippen LogP contribution < -0.4 is 10.1 Å². The summed E-state index contributed by atoms with van der Waals surface area (Å²) >= 11 is 6.08. The Labute approximate surface area is 171 Å². The van der Waals surface area contributed by atoms with Gasteiger partial charge >= 0.3 is 5.69 Å². The Morgan fingerprint density at radius 2 is 2.17 bits per heavy atom. The molecule has 1 N–H and O–H groups in total. The third-order valence-electron chi connectivity index (χ3n) is 4.09. The topological polar surface area (TPSA) is 112 Å². The second kappa shape index (κ2) is 8.78. The summed E-state index contributed by atoms with van der Waals surface area (Å²) in [6.45, 7) is 4.47. The number of benzene rings is 1. The average molecular weight is 419 g/mol. The van der Waals surface area contributed by atoms with E-state index < -0.39 is 10.8 Å². The zero-order valence-electron chi connectivity index (χ0n) is 15.8.